The van der Waals surface area contributed by atoms with Gasteiger partial charge in [0.05, 0.1) is 10.4 Å². The van der Waals surface area contributed by atoms with E-state index in [-0.39, 0.29) is 11.3 Å². The van der Waals surface area contributed by atoms with Crippen LogP contribution in [0.15, 0.2) is 30.3 Å². The van der Waals surface area contributed by atoms with E-state index in [0.717, 1.165) is 16.9 Å². The number of hydrazine groups is 1. The normalized spacial score (nSPS) is 10.5. The fraction of sp³-hybridized carbons (Fsp3) is 0.250. The Morgan fingerprint density at radius 2 is 1.88 bits per heavy atom. The summed E-state index contributed by atoms with van der Waals surface area (Å²) in [6, 6.07) is 7.28. The Balaban J connectivity index is 2.04. The Morgan fingerprint density at radius 1 is 1.21 bits per heavy atom. The average Bonchev–Trinajstić information content (AvgIpc) is 2.93. The van der Waals surface area contributed by atoms with Crippen LogP contribution in [0.3, 0.4) is 0 Å². The SMILES string of the molecule is CCc1sc(C(=O)NNC(=O)c2ccccc2OC(F)F)cc1C. The average molecular weight is 354 g/mol. The van der Waals surface area contributed by atoms with Crippen molar-refractivity contribution in [3.63, 3.8) is 0 Å². The van der Waals surface area contributed by atoms with Gasteiger partial charge in [-0.25, -0.2) is 0 Å². The molecule has 0 saturated carbocycles. The van der Waals surface area contributed by atoms with Crippen molar-refractivity contribution in [2.24, 2.45) is 0 Å². The summed E-state index contributed by atoms with van der Waals surface area (Å²) < 4.78 is 29.0. The van der Waals surface area contributed by atoms with Gasteiger partial charge in [0.25, 0.3) is 11.8 Å². The van der Waals surface area contributed by atoms with Crippen molar-refractivity contribution in [1.82, 2.24) is 10.9 Å². The van der Waals surface area contributed by atoms with Gasteiger partial charge in [0.15, 0.2) is 0 Å². The van der Waals surface area contributed by atoms with Crippen LogP contribution in [-0.4, -0.2) is 18.4 Å². The van der Waals surface area contributed by atoms with E-state index >= 15 is 0 Å². The standard InChI is InChI=1S/C16H16F2N2O3S/c1-3-12-9(2)8-13(24-12)15(22)20-19-14(21)10-6-4-5-7-11(10)23-16(17)18/h4-8,16H,3H2,1-2H3,(H,19,21)(H,20,22). The molecule has 0 bridgehead atoms. The van der Waals surface area contributed by atoms with Crippen molar-refractivity contribution in [1.29, 1.82) is 0 Å². The monoisotopic (exact) mass is 354 g/mol. The largest absolute Gasteiger partial charge is 0.434 e. The lowest BCUT2D eigenvalue weighted by molar-refractivity contribution is -0.0501. The molecule has 2 amide bonds. The first-order chi connectivity index (χ1) is 11.4. The number of alkyl halides is 2. The molecule has 2 rings (SSSR count). The highest BCUT2D eigenvalue weighted by Crippen LogP contribution is 2.22. The predicted molar refractivity (Wildman–Crippen MR) is 86.4 cm³/mol. The number of para-hydroxylation sites is 1. The van der Waals surface area contributed by atoms with E-state index in [1.54, 1.807) is 6.07 Å². The third kappa shape index (κ3) is 4.29. The summed E-state index contributed by atoms with van der Waals surface area (Å²) in [7, 11) is 0. The van der Waals surface area contributed by atoms with Gasteiger partial charge in [-0.15, -0.1) is 11.3 Å². The Hall–Kier alpha value is -2.48. The highest BCUT2D eigenvalue weighted by Gasteiger charge is 2.17. The number of benzene rings is 1. The Labute approximate surface area is 141 Å². The van der Waals surface area contributed by atoms with E-state index < -0.39 is 18.4 Å². The fourth-order valence-corrected chi connectivity index (χ4v) is 3.09. The lowest BCUT2D eigenvalue weighted by atomic mass is 10.2. The zero-order valence-electron chi connectivity index (χ0n) is 13.1. The molecule has 0 fully saturated rings. The van der Waals surface area contributed by atoms with E-state index in [0.29, 0.717) is 4.88 Å². The molecule has 8 heteroatoms. The van der Waals surface area contributed by atoms with Crippen LogP contribution in [0, 0.1) is 6.92 Å². The fourth-order valence-electron chi connectivity index (χ4n) is 2.08. The van der Waals surface area contributed by atoms with Crippen LogP contribution in [0.4, 0.5) is 8.78 Å². The molecule has 0 spiro atoms. The van der Waals surface area contributed by atoms with Gasteiger partial charge in [0.2, 0.25) is 0 Å². The smallest absolute Gasteiger partial charge is 0.387 e. The molecule has 0 saturated heterocycles. The lowest BCUT2D eigenvalue weighted by Gasteiger charge is -2.11. The molecule has 0 aliphatic heterocycles. The minimum atomic E-state index is -3.05. The number of thiophene rings is 1. The number of nitrogens with one attached hydrogen (secondary N) is 2. The lowest BCUT2D eigenvalue weighted by Crippen LogP contribution is -2.41. The first-order valence-corrected chi connectivity index (χ1v) is 7.97. The van der Waals surface area contributed by atoms with Crippen molar-refractivity contribution in [3.05, 3.63) is 51.2 Å². The molecule has 1 aromatic carbocycles. The highest BCUT2D eigenvalue weighted by molar-refractivity contribution is 7.14. The number of rotatable bonds is 5. The van der Waals surface area contributed by atoms with Crippen LogP contribution in [0.1, 0.15) is 37.4 Å². The number of hydrogen-bond donors (Lipinski definition) is 2. The van der Waals surface area contributed by atoms with Crippen LogP contribution in [0.2, 0.25) is 0 Å². The van der Waals surface area contributed by atoms with E-state index in [2.05, 4.69) is 15.6 Å². The van der Waals surface area contributed by atoms with Crippen LogP contribution in [-0.2, 0) is 6.42 Å². The van der Waals surface area contributed by atoms with Gasteiger partial charge in [0.1, 0.15) is 5.75 Å². The molecule has 0 radical (unpaired) electrons. The summed E-state index contributed by atoms with van der Waals surface area (Å²) in [4.78, 5) is 25.7. The highest BCUT2D eigenvalue weighted by atomic mass is 32.1. The second-order valence-corrected chi connectivity index (χ2v) is 5.99. The second-order valence-electron chi connectivity index (χ2n) is 4.85. The second kappa shape index (κ2) is 7.87. The molecule has 0 unspecified atom stereocenters. The summed E-state index contributed by atoms with van der Waals surface area (Å²) in [6.07, 6.45) is 0.814. The first-order valence-electron chi connectivity index (χ1n) is 7.16. The molecular formula is C16H16F2N2O3S. The molecule has 0 aliphatic carbocycles. The third-order valence-electron chi connectivity index (χ3n) is 3.20. The van der Waals surface area contributed by atoms with Gasteiger partial charge < -0.3 is 4.74 Å². The minimum absolute atomic E-state index is 0.102. The Morgan fingerprint density at radius 3 is 2.50 bits per heavy atom. The number of halogens is 2. The maximum atomic E-state index is 12.4. The quantitative estimate of drug-likeness (QED) is 0.810. The molecule has 0 aliphatic rings. The Bertz CT molecular complexity index is 747. The van der Waals surface area contributed by atoms with Gasteiger partial charge in [-0.2, -0.15) is 8.78 Å². The zero-order chi connectivity index (χ0) is 17.7. The molecule has 128 valence electrons. The first kappa shape index (κ1) is 17.9. The van der Waals surface area contributed by atoms with Gasteiger partial charge in [-0.3, -0.25) is 20.4 Å². The number of carbonyl (C=O) groups is 2. The van der Waals surface area contributed by atoms with Crippen molar-refractivity contribution >= 4 is 23.2 Å². The van der Waals surface area contributed by atoms with Crippen LogP contribution >= 0.6 is 11.3 Å². The topological polar surface area (TPSA) is 67.4 Å². The van der Waals surface area contributed by atoms with Crippen molar-refractivity contribution in [2.75, 3.05) is 0 Å². The maximum absolute atomic E-state index is 12.4. The minimum Gasteiger partial charge on any atom is -0.434 e. The number of amides is 2. The van der Waals surface area contributed by atoms with Crippen LogP contribution < -0.4 is 15.6 Å². The van der Waals surface area contributed by atoms with Gasteiger partial charge in [0, 0.05) is 4.88 Å². The zero-order valence-corrected chi connectivity index (χ0v) is 13.9. The molecule has 0 atom stereocenters. The van der Waals surface area contributed by atoms with Crippen molar-refractivity contribution < 1.29 is 23.1 Å². The molecule has 1 aromatic heterocycles. The van der Waals surface area contributed by atoms with Gasteiger partial charge in [-0.05, 0) is 37.1 Å². The molecule has 2 aromatic rings. The Kier molecular flexibility index (Phi) is 5.86. The molecule has 2 N–H and O–H groups in total. The number of carbonyl (C=O) groups excluding carboxylic acids is 2. The van der Waals surface area contributed by atoms with Gasteiger partial charge in [-0.1, -0.05) is 19.1 Å². The molecule has 5 nitrogen and oxygen atoms in total. The summed E-state index contributed by atoms with van der Waals surface area (Å²) in [5.41, 5.74) is 5.38. The molecular weight excluding hydrogens is 338 g/mol. The summed E-state index contributed by atoms with van der Waals surface area (Å²) >= 11 is 1.34. The summed E-state index contributed by atoms with van der Waals surface area (Å²) in [6.45, 7) is 0.848. The van der Waals surface area contributed by atoms with E-state index in [9.17, 15) is 18.4 Å². The van der Waals surface area contributed by atoms with E-state index in [4.69, 9.17) is 0 Å². The van der Waals surface area contributed by atoms with Crippen LogP contribution in [0.5, 0.6) is 5.75 Å². The summed E-state index contributed by atoms with van der Waals surface area (Å²) in [5, 5.41) is 0. The van der Waals surface area contributed by atoms with Crippen molar-refractivity contribution in [3.8, 4) is 5.75 Å². The van der Waals surface area contributed by atoms with E-state index in [1.165, 1.54) is 35.6 Å². The number of ether oxygens (including phenoxy) is 1. The summed E-state index contributed by atoms with van der Waals surface area (Å²) in [5.74, 6) is -1.48. The maximum Gasteiger partial charge on any atom is 0.387 e. The van der Waals surface area contributed by atoms with E-state index in [1.807, 2.05) is 13.8 Å². The third-order valence-corrected chi connectivity index (χ3v) is 4.58. The number of hydrogen-bond acceptors (Lipinski definition) is 4. The van der Waals surface area contributed by atoms with Gasteiger partial charge >= 0.3 is 6.61 Å². The predicted octanol–water partition coefficient (Wildman–Crippen LogP) is 3.30. The van der Waals surface area contributed by atoms with Crippen LogP contribution in [0.25, 0.3) is 0 Å². The molecule has 1 heterocycles. The number of aryl methyl sites for hydroxylation is 2. The van der Waals surface area contributed by atoms with Crippen molar-refractivity contribution in [2.45, 2.75) is 26.9 Å². The molecule has 24 heavy (non-hydrogen) atoms.